The van der Waals surface area contributed by atoms with Crippen molar-refractivity contribution in [2.45, 2.75) is 19.3 Å². The summed E-state index contributed by atoms with van der Waals surface area (Å²) in [7, 11) is 1.28. The average molecular weight is 294 g/mol. The second-order valence-corrected chi connectivity index (χ2v) is 5.11. The molecule has 1 N–H and O–H groups in total. The van der Waals surface area contributed by atoms with Crippen LogP contribution in [0.25, 0.3) is 0 Å². The summed E-state index contributed by atoms with van der Waals surface area (Å²) in [5, 5.41) is 13.7. The molecular weight excluding hydrogens is 280 g/mol. The summed E-state index contributed by atoms with van der Waals surface area (Å²) >= 11 is 1.45. The normalized spacial score (nSPS) is 12.1. The Kier molecular flexibility index (Phi) is 4.24. The Labute approximate surface area is 119 Å². The number of hydrogen-bond donors (Lipinski definition) is 1. The third-order valence-corrected chi connectivity index (χ3v) is 3.68. The maximum Gasteiger partial charge on any atom is 0.343 e. The lowest BCUT2D eigenvalue weighted by Gasteiger charge is -2.15. The van der Waals surface area contributed by atoms with Crippen molar-refractivity contribution >= 4 is 17.3 Å². The monoisotopic (exact) mass is 294 g/mol. The van der Waals surface area contributed by atoms with Crippen LogP contribution in [0, 0.1) is 6.92 Å². The van der Waals surface area contributed by atoms with Gasteiger partial charge in [0.15, 0.2) is 0 Å². The lowest BCUT2D eigenvalue weighted by molar-refractivity contribution is -0.140. The molecule has 0 spiro atoms. The molecular formula is C14H14O5S. The van der Waals surface area contributed by atoms with Gasteiger partial charge in [0.1, 0.15) is 11.5 Å². The summed E-state index contributed by atoms with van der Waals surface area (Å²) in [5.74, 6) is -0.886. The van der Waals surface area contributed by atoms with E-state index in [0.717, 1.165) is 5.56 Å². The number of carbonyl (C=O) groups is 1. The van der Waals surface area contributed by atoms with Gasteiger partial charge in [0.05, 0.1) is 19.1 Å². The molecule has 0 aliphatic rings. The molecule has 0 aromatic carbocycles. The molecule has 0 amide bonds. The second kappa shape index (κ2) is 5.92. The van der Waals surface area contributed by atoms with Crippen molar-refractivity contribution in [2.24, 2.45) is 0 Å². The molecule has 2 aromatic heterocycles. The Balaban J connectivity index is 2.52. The number of hydrogen-bond acceptors (Lipinski definition) is 6. The van der Waals surface area contributed by atoms with Gasteiger partial charge < -0.3 is 14.3 Å². The zero-order valence-electron chi connectivity index (χ0n) is 11.1. The minimum absolute atomic E-state index is 0.0331. The minimum Gasteiger partial charge on any atom is -0.507 e. The third-order valence-electron chi connectivity index (χ3n) is 2.98. The highest BCUT2D eigenvalue weighted by Gasteiger charge is 2.26. The fraction of sp³-hybridized carbons (Fsp3) is 0.286. The first kappa shape index (κ1) is 14.3. The maximum absolute atomic E-state index is 12.0. The first-order chi connectivity index (χ1) is 9.52. The van der Waals surface area contributed by atoms with Crippen LogP contribution in [-0.2, 0) is 9.53 Å². The van der Waals surface area contributed by atoms with Gasteiger partial charge in [-0.1, -0.05) is 0 Å². The Morgan fingerprint density at radius 3 is 2.85 bits per heavy atom. The van der Waals surface area contributed by atoms with Gasteiger partial charge >= 0.3 is 11.6 Å². The zero-order valence-corrected chi connectivity index (χ0v) is 11.9. The van der Waals surface area contributed by atoms with E-state index in [-0.39, 0.29) is 17.7 Å². The highest BCUT2D eigenvalue weighted by Crippen LogP contribution is 2.33. The quantitative estimate of drug-likeness (QED) is 0.876. The molecule has 1 atom stereocenters. The summed E-state index contributed by atoms with van der Waals surface area (Å²) in [6.45, 7) is 1.57. The zero-order chi connectivity index (χ0) is 14.7. The molecule has 0 radical (unpaired) electrons. The predicted molar refractivity (Wildman–Crippen MR) is 74.2 cm³/mol. The van der Waals surface area contributed by atoms with Crippen LogP contribution in [0.2, 0.25) is 0 Å². The first-order valence-corrected chi connectivity index (χ1v) is 6.89. The van der Waals surface area contributed by atoms with Gasteiger partial charge in [-0.3, -0.25) is 4.79 Å². The summed E-state index contributed by atoms with van der Waals surface area (Å²) < 4.78 is 9.67. The van der Waals surface area contributed by atoms with Gasteiger partial charge in [-0.2, -0.15) is 11.3 Å². The van der Waals surface area contributed by atoms with Gasteiger partial charge in [0.25, 0.3) is 0 Å². The van der Waals surface area contributed by atoms with E-state index >= 15 is 0 Å². The van der Waals surface area contributed by atoms with Crippen LogP contribution >= 0.6 is 11.3 Å². The van der Waals surface area contributed by atoms with E-state index in [1.807, 2.05) is 10.8 Å². The van der Waals surface area contributed by atoms with E-state index in [0.29, 0.717) is 5.76 Å². The van der Waals surface area contributed by atoms with E-state index in [2.05, 4.69) is 4.74 Å². The number of rotatable bonds is 4. The molecule has 2 aromatic rings. The molecule has 2 rings (SSSR count). The highest BCUT2D eigenvalue weighted by molar-refractivity contribution is 7.08. The highest BCUT2D eigenvalue weighted by atomic mass is 32.1. The average Bonchev–Trinajstić information content (AvgIpc) is 2.89. The number of methoxy groups -OCH3 is 1. The summed E-state index contributed by atoms with van der Waals surface area (Å²) in [6, 6.07) is 3.17. The topological polar surface area (TPSA) is 76.7 Å². The molecule has 0 aliphatic carbocycles. The van der Waals surface area contributed by atoms with E-state index in [1.165, 1.54) is 24.5 Å². The Morgan fingerprint density at radius 2 is 2.30 bits per heavy atom. The van der Waals surface area contributed by atoms with Crippen molar-refractivity contribution in [2.75, 3.05) is 7.11 Å². The molecule has 0 bridgehead atoms. The molecule has 106 valence electrons. The number of thiophene rings is 1. The van der Waals surface area contributed by atoms with Gasteiger partial charge in [-0.25, -0.2) is 4.79 Å². The van der Waals surface area contributed by atoms with Crippen molar-refractivity contribution in [3.63, 3.8) is 0 Å². The lowest BCUT2D eigenvalue weighted by Crippen LogP contribution is -2.17. The van der Waals surface area contributed by atoms with Crippen LogP contribution in [0.3, 0.4) is 0 Å². The van der Waals surface area contributed by atoms with Crippen molar-refractivity contribution in [3.8, 4) is 5.75 Å². The van der Waals surface area contributed by atoms with Crippen LogP contribution in [0.5, 0.6) is 5.75 Å². The van der Waals surface area contributed by atoms with Gasteiger partial charge in [0.2, 0.25) is 0 Å². The van der Waals surface area contributed by atoms with Crippen molar-refractivity contribution in [3.05, 3.63) is 50.2 Å². The summed E-state index contributed by atoms with van der Waals surface area (Å²) in [4.78, 5) is 23.5. The number of ether oxygens (including phenoxy) is 1. The smallest absolute Gasteiger partial charge is 0.343 e. The number of aromatic hydroxyl groups is 1. The van der Waals surface area contributed by atoms with Crippen LogP contribution in [0.1, 0.15) is 29.2 Å². The largest absolute Gasteiger partial charge is 0.507 e. The Morgan fingerprint density at radius 1 is 1.55 bits per heavy atom. The standard InChI is InChI=1S/C14H14O5S/c1-8-5-11(15)13(14(17)19-8)10(6-12(16)18-2)9-3-4-20-7-9/h3-5,7,10,15H,6H2,1-2H3/t10-/m1/s1. The van der Waals surface area contributed by atoms with Crippen LogP contribution in [-0.4, -0.2) is 18.2 Å². The Bertz CT molecular complexity index is 657. The molecule has 5 nitrogen and oxygen atoms in total. The van der Waals surface area contributed by atoms with Crippen molar-refractivity contribution in [1.29, 1.82) is 0 Å². The third kappa shape index (κ3) is 2.91. The van der Waals surface area contributed by atoms with Crippen LogP contribution in [0.4, 0.5) is 0 Å². The molecule has 0 aliphatic heterocycles. The van der Waals surface area contributed by atoms with Crippen molar-refractivity contribution in [1.82, 2.24) is 0 Å². The van der Waals surface area contributed by atoms with E-state index in [9.17, 15) is 14.7 Å². The van der Waals surface area contributed by atoms with E-state index in [4.69, 9.17) is 4.42 Å². The van der Waals surface area contributed by atoms with Crippen molar-refractivity contribution < 1.29 is 19.1 Å². The van der Waals surface area contributed by atoms with Gasteiger partial charge in [-0.15, -0.1) is 0 Å². The predicted octanol–water partition coefficient (Wildman–Crippen LogP) is 2.41. The molecule has 0 fully saturated rings. The lowest BCUT2D eigenvalue weighted by atomic mass is 9.91. The van der Waals surface area contributed by atoms with Gasteiger partial charge in [0, 0.05) is 12.0 Å². The summed E-state index contributed by atoms with van der Waals surface area (Å²) in [5.41, 5.74) is 0.217. The first-order valence-electron chi connectivity index (χ1n) is 5.95. The fourth-order valence-electron chi connectivity index (χ4n) is 2.04. The van der Waals surface area contributed by atoms with Crippen LogP contribution in [0.15, 0.2) is 32.1 Å². The summed E-state index contributed by atoms with van der Waals surface area (Å²) in [6.07, 6.45) is -0.0331. The molecule has 6 heteroatoms. The number of esters is 1. The minimum atomic E-state index is -0.636. The maximum atomic E-state index is 12.0. The van der Waals surface area contributed by atoms with E-state index < -0.39 is 17.5 Å². The molecule has 20 heavy (non-hydrogen) atoms. The molecule has 2 heterocycles. The number of aryl methyl sites for hydroxylation is 1. The molecule has 0 unspecified atom stereocenters. The molecule has 0 saturated carbocycles. The molecule has 0 saturated heterocycles. The second-order valence-electron chi connectivity index (χ2n) is 4.33. The van der Waals surface area contributed by atoms with E-state index in [1.54, 1.807) is 13.0 Å². The van der Waals surface area contributed by atoms with Crippen LogP contribution < -0.4 is 5.63 Å². The Hall–Kier alpha value is -2.08. The SMILES string of the molecule is COC(=O)C[C@H](c1ccsc1)c1c(O)cc(C)oc1=O. The fourth-order valence-corrected chi connectivity index (χ4v) is 2.75. The number of carbonyl (C=O) groups excluding carboxylic acids is 1. The van der Waals surface area contributed by atoms with Gasteiger partial charge in [-0.05, 0) is 29.3 Å².